The van der Waals surface area contributed by atoms with Gasteiger partial charge in [0.05, 0.1) is 11.6 Å². The standard InChI is InChI=1S/C28H29F2N5O2/c1-34-24-12-18(21-13-31-17-32-14-21)2-3-19(24)15-35(34)28-7-4-27(5-8-28,6-9-28)16-33-26(37)20-10-22(29)25(36)23(30)11-20/h2-3,10-15,17,24,36H,4-9,16H2,1H3,(H,33,37). The van der Waals surface area contributed by atoms with Gasteiger partial charge in [0.25, 0.3) is 5.91 Å². The van der Waals surface area contributed by atoms with Crippen LogP contribution >= 0.6 is 0 Å². The molecular formula is C28H29F2N5O2. The summed E-state index contributed by atoms with van der Waals surface area (Å²) in [7, 11) is 2.14. The number of allylic oxidation sites excluding steroid dienone is 2. The predicted octanol–water partition coefficient (Wildman–Crippen LogP) is 4.35. The number of likely N-dealkylation sites (N-methyl/N-ethyl adjacent to an activating group) is 1. The Morgan fingerprint density at radius 2 is 1.73 bits per heavy atom. The van der Waals surface area contributed by atoms with Gasteiger partial charge in [-0.05, 0) is 67.2 Å². The highest BCUT2D eigenvalue weighted by molar-refractivity contribution is 5.94. The SMILES string of the molecule is CN1C2C=C(c3cncnc3)C=CC2=CN1C12CCC(CNC(=O)c3cc(F)c(O)c(F)c3)(CC1)CC2. The third kappa shape index (κ3) is 4.01. The smallest absolute Gasteiger partial charge is 0.251 e. The minimum atomic E-state index is -1.14. The number of amides is 1. The number of hydrazine groups is 1. The molecule has 1 amide bonds. The van der Waals surface area contributed by atoms with Crippen molar-refractivity contribution in [1.29, 1.82) is 0 Å². The zero-order valence-electron chi connectivity index (χ0n) is 20.6. The monoisotopic (exact) mass is 505 g/mol. The maximum atomic E-state index is 13.7. The van der Waals surface area contributed by atoms with E-state index in [-0.39, 0.29) is 22.6 Å². The van der Waals surface area contributed by atoms with Crippen LogP contribution in [-0.4, -0.2) is 56.2 Å². The molecule has 2 heterocycles. The van der Waals surface area contributed by atoms with Crippen molar-refractivity contribution in [1.82, 2.24) is 25.3 Å². The molecule has 2 bridgehead atoms. The van der Waals surface area contributed by atoms with Gasteiger partial charge in [-0.3, -0.25) is 4.79 Å². The summed E-state index contributed by atoms with van der Waals surface area (Å²) < 4.78 is 27.4. The van der Waals surface area contributed by atoms with E-state index < -0.39 is 23.3 Å². The van der Waals surface area contributed by atoms with Crippen LogP contribution in [0.5, 0.6) is 5.75 Å². The zero-order valence-corrected chi connectivity index (χ0v) is 20.6. The van der Waals surface area contributed by atoms with Crippen molar-refractivity contribution in [2.45, 2.75) is 50.1 Å². The van der Waals surface area contributed by atoms with E-state index in [9.17, 15) is 18.7 Å². The highest BCUT2D eigenvalue weighted by Crippen LogP contribution is 2.56. The normalized spacial score (nSPS) is 28.6. The van der Waals surface area contributed by atoms with Crippen LogP contribution in [0.1, 0.15) is 54.4 Å². The van der Waals surface area contributed by atoms with Gasteiger partial charge >= 0.3 is 0 Å². The van der Waals surface area contributed by atoms with Crippen molar-refractivity contribution in [3.63, 3.8) is 0 Å². The molecule has 9 heteroatoms. The topological polar surface area (TPSA) is 81.6 Å². The van der Waals surface area contributed by atoms with Gasteiger partial charge in [0.2, 0.25) is 0 Å². The summed E-state index contributed by atoms with van der Waals surface area (Å²) >= 11 is 0. The lowest BCUT2D eigenvalue weighted by Gasteiger charge is -2.58. The molecule has 1 aliphatic heterocycles. The van der Waals surface area contributed by atoms with Crippen LogP contribution in [0.3, 0.4) is 0 Å². The van der Waals surface area contributed by atoms with E-state index in [1.54, 1.807) is 0 Å². The lowest BCUT2D eigenvalue weighted by atomic mass is 9.57. The summed E-state index contributed by atoms with van der Waals surface area (Å²) in [5.74, 6) is -3.87. The van der Waals surface area contributed by atoms with Gasteiger partial charge in [-0.1, -0.05) is 18.2 Å². The van der Waals surface area contributed by atoms with Crippen LogP contribution in [0, 0.1) is 17.0 Å². The average Bonchev–Trinajstić information content (AvgIpc) is 3.28. The molecule has 4 aliphatic carbocycles. The van der Waals surface area contributed by atoms with Crippen LogP contribution in [0.15, 0.2) is 60.9 Å². The van der Waals surface area contributed by atoms with Gasteiger partial charge in [-0.25, -0.2) is 23.8 Å². The summed E-state index contributed by atoms with van der Waals surface area (Å²) in [5.41, 5.74) is 3.30. The molecule has 1 aromatic carbocycles. The number of fused-ring (bicyclic) bond motifs is 4. The van der Waals surface area contributed by atoms with Crippen molar-refractivity contribution in [3.05, 3.63) is 83.6 Å². The van der Waals surface area contributed by atoms with Gasteiger partial charge in [-0.15, -0.1) is 0 Å². The minimum absolute atomic E-state index is 0.0100. The molecule has 1 aromatic heterocycles. The van der Waals surface area contributed by atoms with Crippen molar-refractivity contribution in [2.24, 2.45) is 5.41 Å². The number of aromatic nitrogens is 2. The summed E-state index contributed by atoms with van der Waals surface area (Å²) in [5, 5.41) is 16.9. The molecule has 192 valence electrons. The Hall–Kier alpha value is -3.59. The molecule has 7 rings (SSSR count). The number of carbonyl (C=O) groups is 1. The molecule has 5 aliphatic rings. The Kier molecular flexibility index (Phi) is 5.63. The number of carbonyl (C=O) groups excluding carboxylic acids is 1. The van der Waals surface area contributed by atoms with E-state index in [0.29, 0.717) is 6.54 Å². The van der Waals surface area contributed by atoms with Crippen LogP contribution in [0.4, 0.5) is 8.78 Å². The number of phenols is 1. The number of phenolic OH excluding ortho intramolecular Hbond substituents is 1. The second-order valence-electron chi connectivity index (χ2n) is 10.8. The van der Waals surface area contributed by atoms with Crippen LogP contribution in [-0.2, 0) is 0 Å². The fourth-order valence-electron chi connectivity index (χ4n) is 6.45. The van der Waals surface area contributed by atoms with Gasteiger partial charge in [0, 0.05) is 43.3 Å². The van der Waals surface area contributed by atoms with Crippen LogP contribution in [0.2, 0.25) is 0 Å². The Balaban J connectivity index is 1.12. The van der Waals surface area contributed by atoms with Crippen molar-refractivity contribution in [2.75, 3.05) is 13.6 Å². The van der Waals surface area contributed by atoms with E-state index in [0.717, 1.165) is 61.8 Å². The largest absolute Gasteiger partial charge is 0.503 e. The third-order valence-corrected chi connectivity index (χ3v) is 8.79. The average molecular weight is 506 g/mol. The van der Waals surface area contributed by atoms with Crippen LogP contribution in [0.25, 0.3) is 5.57 Å². The number of benzene rings is 1. The van der Waals surface area contributed by atoms with E-state index >= 15 is 0 Å². The molecule has 3 fully saturated rings. The summed E-state index contributed by atoms with van der Waals surface area (Å²) in [6.07, 6.45) is 20.0. The van der Waals surface area contributed by atoms with Crippen molar-refractivity contribution in [3.8, 4) is 5.75 Å². The van der Waals surface area contributed by atoms with Gasteiger partial charge in [0.15, 0.2) is 17.4 Å². The quantitative estimate of drug-likeness (QED) is 0.629. The summed E-state index contributed by atoms with van der Waals surface area (Å²) in [6.45, 7) is 0.472. The Morgan fingerprint density at radius 1 is 1.08 bits per heavy atom. The fourth-order valence-corrected chi connectivity index (χ4v) is 6.45. The molecule has 0 saturated heterocycles. The van der Waals surface area contributed by atoms with Gasteiger partial charge in [-0.2, -0.15) is 0 Å². The maximum absolute atomic E-state index is 13.7. The molecule has 37 heavy (non-hydrogen) atoms. The van der Waals surface area contributed by atoms with E-state index in [2.05, 4.69) is 56.8 Å². The number of hydrogen-bond acceptors (Lipinski definition) is 6. The highest BCUT2D eigenvalue weighted by atomic mass is 19.1. The van der Waals surface area contributed by atoms with Gasteiger partial charge in [0.1, 0.15) is 6.33 Å². The minimum Gasteiger partial charge on any atom is -0.503 e. The molecular weight excluding hydrogens is 476 g/mol. The number of halogens is 2. The molecule has 2 aromatic rings. The van der Waals surface area contributed by atoms with Crippen LogP contribution < -0.4 is 5.32 Å². The van der Waals surface area contributed by atoms with E-state index in [1.165, 1.54) is 11.9 Å². The Bertz CT molecular complexity index is 1290. The summed E-state index contributed by atoms with van der Waals surface area (Å²) in [6, 6.07) is 1.90. The lowest BCUT2D eigenvalue weighted by Crippen LogP contribution is -2.60. The second-order valence-corrected chi connectivity index (χ2v) is 10.8. The fraction of sp³-hybridized carbons (Fsp3) is 0.393. The molecule has 1 unspecified atom stereocenters. The predicted molar refractivity (Wildman–Crippen MR) is 134 cm³/mol. The van der Waals surface area contributed by atoms with Crippen molar-refractivity contribution >= 4 is 11.5 Å². The lowest BCUT2D eigenvalue weighted by molar-refractivity contribution is -0.115. The Morgan fingerprint density at radius 3 is 2.38 bits per heavy atom. The maximum Gasteiger partial charge on any atom is 0.251 e. The first-order valence-corrected chi connectivity index (χ1v) is 12.6. The second kappa shape index (κ2) is 8.76. The number of aromatic hydroxyl groups is 1. The first-order chi connectivity index (χ1) is 17.8. The Labute approximate surface area is 214 Å². The first-order valence-electron chi connectivity index (χ1n) is 12.6. The summed E-state index contributed by atoms with van der Waals surface area (Å²) in [4.78, 5) is 20.9. The molecule has 2 N–H and O–H groups in total. The molecule has 0 radical (unpaired) electrons. The number of rotatable bonds is 5. The first kappa shape index (κ1) is 23.8. The van der Waals surface area contributed by atoms with E-state index in [4.69, 9.17) is 0 Å². The number of nitrogens with one attached hydrogen (secondary N) is 1. The molecule has 7 nitrogen and oxygen atoms in total. The third-order valence-electron chi connectivity index (χ3n) is 8.79. The van der Waals surface area contributed by atoms with Crippen molar-refractivity contribution < 1.29 is 18.7 Å². The molecule has 1 atom stereocenters. The molecule has 3 saturated carbocycles. The van der Waals surface area contributed by atoms with E-state index in [1.807, 2.05) is 12.4 Å². The number of nitrogens with zero attached hydrogens (tertiary/aromatic N) is 4. The highest BCUT2D eigenvalue weighted by Gasteiger charge is 2.53. The number of hydrogen-bond donors (Lipinski definition) is 2. The molecule has 0 spiro atoms. The van der Waals surface area contributed by atoms with Gasteiger partial charge < -0.3 is 15.4 Å². The zero-order chi connectivity index (χ0) is 25.8.